The molecule has 0 saturated carbocycles. The molecule has 25 heavy (non-hydrogen) atoms. The first-order chi connectivity index (χ1) is 12.3. The van der Waals surface area contributed by atoms with Crippen LogP contribution in [0.2, 0.25) is 0 Å². The van der Waals surface area contributed by atoms with E-state index in [0.29, 0.717) is 5.41 Å². The number of piperidine rings is 1. The SMILES string of the molecule is COc1ccc(CN2CCCC3(CCOC3)C2)cc1Cn1cccn1. The number of aromatic nitrogens is 2. The number of likely N-dealkylation sites (tertiary alicyclic amines) is 1. The van der Waals surface area contributed by atoms with Crippen molar-refractivity contribution in [3.8, 4) is 5.75 Å². The van der Waals surface area contributed by atoms with Crippen LogP contribution in [0.25, 0.3) is 0 Å². The molecule has 1 spiro atoms. The van der Waals surface area contributed by atoms with Crippen LogP contribution in [0.15, 0.2) is 36.7 Å². The molecule has 0 N–H and O–H groups in total. The molecular weight excluding hydrogens is 314 g/mol. The summed E-state index contributed by atoms with van der Waals surface area (Å²) in [5.74, 6) is 0.929. The summed E-state index contributed by atoms with van der Waals surface area (Å²) in [6.45, 7) is 5.95. The Hall–Kier alpha value is -1.85. The fourth-order valence-corrected chi connectivity index (χ4v) is 4.30. The zero-order valence-corrected chi connectivity index (χ0v) is 15.0. The van der Waals surface area contributed by atoms with E-state index in [1.165, 1.54) is 36.9 Å². The van der Waals surface area contributed by atoms with Crippen LogP contribution in [-0.4, -0.2) is 48.1 Å². The second-order valence-corrected chi connectivity index (χ2v) is 7.47. The van der Waals surface area contributed by atoms with Crippen LogP contribution in [0.3, 0.4) is 0 Å². The molecular formula is C20H27N3O2. The number of methoxy groups -OCH3 is 1. The highest BCUT2D eigenvalue weighted by Crippen LogP contribution is 2.38. The van der Waals surface area contributed by atoms with Crippen molar-refractivity contribution in [2.75, 3.05) is 33.4 Å². The van der Waals surface area contributed by atoms with E-state index in [2.05, 4.69) is 28.2 Å². The summed E-state index contributed by atoms with van der Waals surface area (Å²) < 4.78 is 13.2. The van der Waals surface area contributed by atoms with Crippen molar-refractivity contribution in [1.82, 2.24) is 14.7 Å². The average molecular weight is 341 g/mol. The molecule has 1 unspecified atom stereocenters. The molecule has 2 aliphatic heterocycles. The summed E-state index contributed by atoms with van der Waals surface area (Å²) in [4.78, 5) is 2.59. The van der Waals surface area contributed by atoms with Crippen molar-refractivity contribution in [1.29, 1.82) is 0 Å². The van der Waals surface area contributed by atoms with Crippen LogP contribution in [0.4, 0.5) is 0 Å². The summed E-state index contributed by atoms with van der Waals surface area (Å²) >= 11 is 0. The van der Waals surface area contributed by atoms with Crippen molar-refractivity contribution in [3.63, 3.8) is 0 Å². The molecule has 3 heterocycles. The lowest BCUT2D eigenvalue weighted by atomic mass is 9.79. The summed E-state index contributed by atoms with van der Waals surface area (Å²) in [6, 6.07) is 8.50. The maximum atomic E-state index is 5.69. The number of rotatable bonds is 5. The Balaban J connectivity index is 1.48. The number of benzene rings is 1. The van der Waals surface area contributed by atoms with E-state index < -0.39 is 0 Å². The number of ether oxygens (including phenoxy) is 2. The molecule has 0 amide bonds. The molecule has 0 bridgehead atoms. The van der Waals surface area contributed by atoms with Gasteiger partial charge in [-0.05, 0) is 49.6 Å². The normalized spacial score (nSPS) is 24.0. The van der Waals surface area contributed by atoms with Gasteiger partial charge in [-0.2, -0.15) is 5.10 Å². The van der Waals surface area contributed by atoms with E-state index >= 15 is 0 Å². The van der Waals surface area contributed by atoms with Gasteiger partial charge in [0, 0.05) is 43.1 Å². The first-order valence-corrected chi connectivity index (χ1v) is 9.20. The van der Waals surface area contributed by atoms with Gasteiger partial charge in [-0.25, -0.2) is 0 Å². The highest BCUT2D eigenvalue weighted by atomic mass is 16.5. The van der Waals surface area contributed by atoms with Gasteiger partial charge in [-0.15, -0.1) is 0 Å². The van der Waals surface area contributed by atoms with Crippen molar-refractivity contribution in [2.24, 2.45) is 5.41 Å². The Morgan fingerprint density at radius 3 is 3.00 bits per heavy atom. The first-order valence-electron chi connectivity index (χ1n) is 9.20. The van der Waals surface area contributed by atoms with Gasteiger partial charge >= 0.3 is 0 Å². The molecule has 134 valence electrons. The van der Waals surface area contributed by atoms with Gasteiger partial charge in [0.05, 0.1) is 20.3 Å². The van der Waals surface area contributed by atoms with Gasteiger partial charge in [0.2, 0.25) is 0 Å². The second-order valence-electron chi connectivity index (χ2n) is 7.47. The van der Waals surface area contributed by atoms with Gasteiger partial charge in [-0.1, -0.05) is 6.07 Å². The molecule has 2 aromatic rings. The van der Waals surface area contributed by atoms with Gasteiger partial charge in [-0.3, -0.25) is 9.58 Å². The Kier molecular flexibility index (Phi) is 4.77. The zero-order valence-electron chi connectivity index (χ0n) is 15.0. The lowest BCUT2D eigenvalue weighted by Gasteiger charge is -2.39. The molecule has 0 radical (unpaired) electrons. The highest BCUT2D eigenvalue weighted by molar-refractivity contribution is 5.37. The summed E-state index contributed by atoms with van der Waals surface area (Å²) in [6.07, 6.45) is 7.61. The number of nitrogens with zero attached hydrogens (tertiary/aromatic N) is 3. The molecule has 1 aromatic carbocycles. The zero-order chi connectivity index (χ0) is 17.1. The van der Waals surface area contributed by atoms with Crippen molar-refractivity contribution >= 4 is 0 Å². The van der Waals surface area contributed by atoms with Crippen LogP contribution in [-0.2, 0) is 17.8 Å². The molecule has 1 aromatic heterocycles. The van der Waals surface area contributed by atoms with Crippen molar-refractivity contribution in [3.05, 3.63) is 47.8 Å². The van der Waals surface area contributed by atoms with Gasteiger partial charge in [0.1, 0.15) is 5.75 Å². The molecule has 1 atom stereocenters. The number of hydrogen-bond donors (Lipinski definition) is 0. The lowest BCUT2D eigenvalue weighted by molar-refractivity contribution is 0.0645. The molecule has 2 saturated heterocycles. The molecule has 2 fully saturated rings. The van der Waals surface area contributed by atoms with Crippen molar-refractivity contribution < 1.29 is 9.47 Å². The standard InChI is InChI=1S/C20H27N3O2/c1-24-19-5-4-17(12-18(19)14-23-10-3-8-21-23)13-22-9-2-6-20(15-22)7-11-25-16-20/h3-5,8,10,12H,2,6-7,9,11,13-16H2,1H3. The maximum absolute atomic E-state index is 5.69. The van der Waals surface area contributed by atoms with Gasteiger partial charge < -0.3 is 9.47 Å². The maximum Gasteiger partial charge on any atom is 0.123 e. The summed E-state index contributed by atoms with van der Waals surface area (Å²) in [7, 11) is 1.73. The Morgan fingerprint density at radius 1 is 1.28 bits per heavy atom. The van der Waals surface area contributed by atoms with Crippen LogP contribution < -0.4 is 4.74 Å². The quantitative estimate of drug-likeness (QED) is 0.838. The molecule has 0 aliphatic carbocycles. The van der Waals surface area contributed by atoms with E-state index in [1.807, 2.05) is 23.1 Å². The Morgan fingerprint density at radius 2 is 2.24 bits per heavy atom. The number of hydrogen-bond acceptors (Lipinski definition) is 4. The van der Waals surface area contributed by atoms with E-state index in [9.17, 15) is 0 Å². The molecule has 4 rings (SSSR count). The topological polar surface area (TPSA) is 39.5 Å². The third kappa shape index (κ3) is 3.72. The molecule has 5 heteroatoms. The van der Waals surface area contributed by atoms with E-state index in [1.54, 1.807) is 7.11 Å². The minimum absolute atomic E-state index is 0.405. The first kappa shape index (κ1) is 16.6. The van der Waals surface area contributed by atoms with E-state index in [-0.39, 0.29) is 0 Å². The predicted molar refractivity (Wildman–Crippen MR) is 96.7 cm³/mol. The minimum atomic E-state index is 0.405. The fourth-order valence-electron chi connectivity index (χ4n) is 4.30. The predicted octanol–water partition coefficient (Wildman–Crippen LogP) is 2.94. The van der Waals surface area contributed by atoms with Gasteiger partial charge in [0.25, 0.3) is 0 Å². The smallest absolute Gasteiger partial charge is 0.123 e. The third-order valence-electron chi connectivity index (χ3n) is 5.57. The minimum Gasteiger partial charge on any atom is -0.496 e. The second kappa shape index (κ2) is 7.18. The fraction of sp³-hybridized carbons (Fsp3) is 0.550. The summed E-state index contributed by atoms with van der Waals surface area (Å²) in [5, 5.41) is 4.32. The average Bonchev–Trinajstić information content (AvgIpc) is 3.28. The van der Waals surface area contributed by atoms with Gasteiger partial charge in [0.15, 0.2) is 0 Å². The van der Waals surface area contributed by atoms with Crippen LogP contribution in [0, 0.1) is 5.41 Å². The van der Waals surface area contributed by atoms with Crippen molar-refractivity contribution in [2.45, 2.75) is 32.4 Å². The molecule has 5 nitrogen and oxygen atoms in total. The van der Waals surface area contributed by atoms with Crippen LogP contribution >= 0.6 is 0 Å². The monoisotopic (exact) mass is 341 g/mol. The molecule has 2 aliphatic rings. The van der Waals surface area contributed by atoms with Crippen LogP contribution in [0.5, 0.6) is 5.75 Å². The Bertz CT molecular complexity index is 693. The van der Waals surface area contributed by atoms with E-state index in [0.717, 1.165) is 38.6 Å². The van der Waals surface area contributed by atoms with Crippen LogP contribution in [0.1, 0.15) is 30.4 Å². The highest BCUT2D eigenvalue weighted by Gasteiger charge is 2.38. The summed E-state index contributed by atoms with van der Waals surface area (Å²) in [5.41, 5.74) is 2.93. The lowest BCUT2D eigenvalue weighted by Crippen LogP contribution is -2.43. The van der Waals surface area contributed by atoms with E-state index in [4.69, 9.17) is 9.47 Å². The third-order valence-corrected chi connectivity index (χ3v) is 5.57. The largest absolute Gasteiger partial charge is 0.496 e. The Labute approximate surface area is 149 Å².